The van der Waals surface area contributed by atoms with E-state index in [1.54, 1.807) is 13.0 Å². The highest BCUT2D eigenvalue weighted by Gasteiger charge is 2.37. The van der Waals surface area contributed by atoms with Crippen LogP contribution in [0.1, 0.15) is 25.8 Å². The van der Waals surface area contributed by atoms with Gasteiger partial charge in [-0.1, -0.05) is 13.0 Å². The molecule has 2 amide bonds. The van der Waals surface area contributed by atoms with Crippen molar-refractivity contribution in [2.75, 3.05) is 18.9 Å². The fourth-order valence-corrected chi connectivity index (χ4v) is 3.90. The molecule has 1 N–H and O–H groups in total. The van der Waals surface area contributed by atoms with E-state index in [2.05, 4.69) is 0 Å². The number of thioether (sulfide) groups is 2. The van der Waals surface area contributed by atoms with Gasteiger partial charge in [0.05, 0.1) is 27.4 Å². The van der Waals surface area contributed by atoms with Gasteiger partial charge < -0.3 is 9.84 Å². The summed E-state index contributed by atoms with van der Waals surface area (Å²) < 4.78 is 5.09. The van der Waals surface area contributed by atoms with E-state index in [0.29, 0.717) is 34.4 Å². The number of benzene rings is 1. The molecular weight excluding hydrogens is 420 g/mol. The second kappa shape index (κ2) is 10.4. The molecule has 1 fully saturated rings. The van der Waals surface area contributed by atoms with Gasteiger partial charge in [0.1, 0.15) is 6.54 Å². The van der Waals surface area contributed by atoms with E-state index in [0.717, 1.165) is 16.7 Å². The summed E-state index contributed by atoms with van der Waals surface area (Å²) in [5.41, 5.74) is 0.214. The number of nitrogens with zero attached hydrogens (tertiary/aromatic N) is 2. The van der Waals surface area contributed by atoms with Gasteiger partial charge in [-0.25, -0.2) is 0 Å². The molecule has 1 unspecified atom stereocenters. The Morgan fingerprint density at radius 1 is 1.45 bits per heavy atom. The average molecular weight is 440 g/mol. The van der Waals surface area contributed by atoms with E-state index < -0.39 is 28.6 Å². The number of nitro benzene ring substituents is 1. The van der Waals surface area contributed by atoms with Gasteiger partial charge in [0.2, 0.25) is 0 Å². The molecule has 1 heterocycles. The van der Waals surface area contributed by atoms with Crippen LogP contribution in [-0.2, 0) is 14.3 Å². The predicted octanol–water partition coefficient (Wildman–Crippen LogP) is 3.06. The molecule has 1 saturated heterocycles. The van der Waals surface area contributed by atoms with Crippen molar-refractivity contribution < 1.29 is 29.2 Å². The Hall–Kier alpha value is -2.37. The number of ether oxygens (including phenoxy) is 1. The number of esters is 1. The van der Waals surface area contributed by atoms with Crippen LogP contribution >= 0.6 is 23.5 Å². The maximum atomic E-state index is 12.5. The maximum absolute atomic E-state index is 12.5. The second-order valence-corrected chi connectivity index (χ2v) is 8.16. The highest BCUT2D eigenvalue weighted by Crippen LogP contribution is 2.34. The van der Waals surface area contributed by atoms with Crippen LogP contribution in [0.3, 0.4) is 0 Å². The topological polar surface area (TPSA) is 127 Å². The molecule has 0 saturated carbocycles. The zero-order chi connectivity index (χ0) is 21.6. The number of imide groups is 1. The molecule has 0 spiro atoms. The van der Waals surface area contributed by atoms with Gasteiger partial charge >= 0.3 is 5.97 Å². The van der Waals surface area contributed by atoms with Crippen molar-refractivity contribution in [1.82, 2.24) is 4.90 Å². The first-order chi connectivity index (χ1) is 13.8. The van der Waals surface area contributed by atoms with E-state index in [4.69, 9.17) is 9.84 Å². The lowest BCUT2D eigenvalue weighted by Gasteiger charge is -2.14. The maximum Gasteiger partial charge on any atom is 0.326 e. The second-order valence-electron chi connectivity index (χ2n) is 6.03. The zero-order valence-electron chi connectivity index (χ0n) is 15.8. The summed E-state index contributed by atoms with van der Waals surface area (Å²) >= 11 is 1.80. The summed E-state index contributed by atoms with van der Waals surface area (Å²) in [6, 6.07) is 4.40. The Labute approximate surface area is 175 Å². The SMILES string of the molecule is CCC(C)OC(=O)CN1C(=O)SC(=Cc2ccc(SCCO)c([N+](=O)[O-])c2)C1=O. The van der Waals surface area contributed by atoms with Crippen molar-refractivity contribution in [3.05, 3.63) is 38.8 Å². The number of amides is 2. The van der Waals surface area contributed by atoms with Gasteiger partial charge in [-0.15, -0.1) is 11.8 Å². The summed E-state index contributed by atoms with van der Waals surface area (Å²) in [5.74, 6) is -1.02. The minimum Gasteiger partial charge on any atom is -0.461 e. The molecule has 0 aliphatic carbocycles. The van der Waals surface area contributed by atoms with Crippen LogP contribution in [0.5, 0.6) is 0 Å². The van der Waals surface area contributed by atoms with Gasteiger partial charge in [0.25, 0.3) is 16.8 Å². The molecule has 2 rings (SSSR count). The van der Waals surface area contributed by atoms with Crippen molar-refractivity contribution in [1.29, 1.82) is 0 Å². The predicted molar refractivity (Wildman–Crippen MR) is 109 cm³/mol. The number of aliphatic hydroxyl groups excluding tert-OH is 1. The fourth-order valence-electron chi connectivity index (χ4n) is 2.31. The van der Waals surface area contributed by atoms with Crippen LogP contribution in [0.2, 0.25) is 0 Å². The van der Waals surface area contributed by atoms with E-state index in [-0.39, 0.29) is 23.3 Å². The first-order valence-electron chi connectivity index (χ1n) is 8.73. The molecular formula is C18H20N2O7S2. The average Bonchev–Trinajstić information content (AvgIpc) is 2.93. The van der Waals surface area contributed by atoms with Crippen molar-refractivity contribution in [3.8, 4) is 0 Å². The summed E-state index contributed by atoms with van der Waals surface area (Å²) in [6.45, 7) is 2.95. The number of hydrogen-bond donors (Lipinski definition) is 1. The molecule has 0 aromatic heterocycles. The molecule has 1 aliphatic rings. The normalized spacial score (nSPS) is 16.4. The molecule has 1 aliphatic heterocycles. The highest BCUT2D eigenvalue weighted by molar-refractivity contribution is 8.18. The van der Waals surface area contributed by atoms with Gasteiger partial charge in [-0.3, -0.25) is 29.4 Å². The van der Waals surface area contributed by atoms with Crippen molar-refractivity contribution in [2.24, 2.45) is 0 Å². The van der Waals surface area contributed by atoms with E-state index in [1.807, 2.05) is 6.92 Å². The first kappa shape index (κ1) is 22.9. The molecule has 1 aromatic carbocycles. The van der Waals surface area contributed by atoms with Gasteiger partial charge in [-0.2, -0.15) is 0 Å². The summed E-state index contributed by atoms with van der Waals surface area (Å²) in [7, 11) is 0. The molecule has 29 heavy (non-hydrogen) atoms. The van der Waals surface area contributed by atoms with Gasteiger partial charge in [-0.05, 0) is 42.8 Å². The van der Waals surface area contributed by atoms with Crippen molar-refractivity contribution >= 4 is 52.4 Å². The number of nitro groups is 1. The number of aliphatic hydroxyl groups is 1. The number of hydrogen-bond acceptors (Lipinski definition) is 9. The van der Waals surface area contributed by atoms with E-state index >= 15 is 0 Å². The third kappa shape index (κ3) is 6.05. The number of rotatable bonds is 9. The van der Waals surface area contributed by atoms with E-state index in [9.17, 15) is 24.5 Å². The van der Waals surface area contributed by atoms with Crippen LogP contribution in [0.4, 0.5) is 10.5 Å². The largest absolute Gasteiger partial charge is 0.461 e. The molecule has 1 atom stereocenters. The third-order valence-electron chi connectivity index (χ3n) is 3.89. The lowest BCUT2D eigenvalue weighted by Crippen LogP contribution is -2.35. The lowest BCUT2D eigenvalue weighted by atomic mass is 10.2. The molecule has 11 heteroatoms. The first-order valence-corrected chi connectivity index (χ1v) is 10.5. The standard InChI is InChI=1S/C18H20N2O7S2/c1-3-11(2)27-16(22)10-19-17(23)15(29-18(19)24)9-12-4-5-14(28-7-6-21)13(8-12)20(25)26/h4-5,8-9,11,21H,3,6-7,10H2,1-2H3. The Morgan fingerprint density at radius 3 is 2.79 bits per heavy atom. The van der Waals surface area contributed by atoms with Crippen molar-refractivity contribution in [2.45, 2.75) is 31.3 Å². The Balaban J connectivity index is 2.19. The van der Waals surface area contributed by atoms with Crippen LogP contribution in [0.15, 0.2) is 28.0 Å². The van der Waals surface area contributed by atoms with Crippen LogP contribution in [0.25, 0.3) is 6.08 Å². The van der Waals surface area contributed by atoms with Crippen LogP contribution in [-0.4, -0.2) is 57.1 Å². The van der Waals surface area contributed by atoms with Gasteiger partial charge in [0, 0.05) is 11.8 Å². The highest BCUT2D eigenvalue weighted by atomic mass is 32.2. The van der Waals surface area contributed by atoms with Gasteiger partial charge in [0.15, 0.2) is 0 Å². The molecule has 0 bridgehead atoms. The Kier molecular flexibility index (Phi) is 8.23. The quantitative estimate of drug-likeness (QED) is 0.203. The monoisotopic (exact) mass is 440 g/mol. The molecule has 156 valence electrons. The van der Waals surface area contributed by atoms with E-state index in [1.165, 1.54) is 18.2 Å². The lowest BCUT2D eigenvalue weighted by molar-refractivity contribution is -0.387. The summed E-state index contributed by atoms with van der Waals surface area (Å²) in [4.78, 5) is 48.5. The molecule has 9 nitrogen and oxygen atoms in total. The smallest absolute Gasteiger partial charge is 0.326 e. The molecule has 1 aromatic rings. The summed E-state index contributed by atoms with van der Waals surface area (Å²) in [5, 5.41) is 19.6. The number of carbonyl (C=O) groups excluding carboxylic acids is 3. The minimum atomic E-state index is -0.677. The summed E-state index contributed by atoms with van der Waals surface area (Å²) in [6.07, 6.45) is 1.66. The van der Waals surface area contributed by atoms with Crippen LogP contribution in [0, 0.1) is 10.1 Å². The fraction of sp³-hybridized carbons (Fsp3) is 0.389. The molecule has 0 radical (unpaired) electrons. The van der Waals surface area contributed by atoms with Crippen molar-refractivity contribution in [3.63, 3.8) is 0 Å². The minimum absolute atomic E-state index is 0.0661. The Morgan fingerprint density at radius 2 is 2.17 bits per heavy atom. The Bertz CT molecular complexity index is 857. The third-order valence-corrected chi connectivity index (χ3v) is 5.84. The zero-order valence-corrected chi connectivity index (χ0v) is 17.5. The van der Waals surface area contributed by atoms with Crippen LogP contribution < -0.4 is 0 Å². The number of carbonyl (C=O) groups is 3.